The summed E-state index contributed by atoms with van der Waals surface area (Å²) in [6.45, 7) is 9.34. The number of pyridine rings is 1. The first-order valence-electron chi connectivity index (χ1n) is 15.8. The average molecular weight is 620 g/mol. The zero-order valence-corrected chi connectivity index (χ0v) is 25.9. The normalized spacial score (nSPS) is 25.6. The number of rotatable bonds is 6. The Bertz CT molecular complexity index is 1790. The summed E-state index contributed by atoms with van der Waals surface area (Å²) in [6.07, 6.45) is 5.01. The van der Waals surface area contributed by atoms with Crippen LogP contribution in [0.1, 0.15) is 45.6 Å². The molecule has 2 N–H and O–H groups in total. The van der Waals surface area contributed by atoms with Crippen molar-refractivity contribution in [1.82, 2.24) is 19.9 Å². The minimum absolute atomic E-state index is 0.00341. The Morgan fingerprint density at radius 2 is 2.02 bits per heavy atom. The molecule has 0 amide bonds. The second-order valence-corrected chi connectivity index (χ2v) is 13.3. The molecule has 4 aromatic rings. The van der Waals surface area contributed by atoms with E-state index in [2.05, 4.69) is 21.8 Å². The molecule has 3 atom stereocenters. The molecule has 0 saturated carbocycles. The molecule has 9 nitrogen and oxygen atoms in total. The smallest absolute Gasteiger partial charge is 0.319 e. The minimum atomic E-state index is -1.16. The van der Waals surface area contributed by atoms with Crippen LogP contribution in [0.5, 0.6) is 11.8 Å². The Labute approximate surface area is 260 Å². The van der Waals surface area contributed by atoms with Crippen LogP contribution < -0.4 is 9.64 Å². The third-order valence-corrected chi connectivity index (χ3v) is 9.63. The molecule has 11 heteroatoms. The van der Waals surface area contributed by atoms with E-state index in [1.54, 1.807) is 13.0 Å². The van der Waals surface area contributed by atoms with Crippen LogP contribution in [-0.2, 0) is 11.2 Å². The van der Waals surface area contributed by atoms with Gasteiger partial charge in [-0.25, -0.2) is 8.78 Å². The molecule has 1 unspecified atom stereocenters. The van der Waals surface area contributed by atoms with Crippen molar-refractivity contribution in [3.8, 4) is 23.0 Å². The average Bonchev–Trinajstić information content (AvgIpc) is 3.46. The summed E-state index contributed by atoms with van der Waals surface area (Å²) in [4.78, 5) is 18.3. The van der Waals surface area contributed by atoms with Crippen molar-refractivity contribution >= 4 is 27.5 Å². The summed E-state index contributed by atoms with van der Waals surface area (Å²) >= 11 is 0. The van der Waals surface area contributed by atoms with Gasteiger partial charge in [-0.05, 0) is 79.6 Å². The van der Waals surface area contributed by atoms with Gasteiger partial charge in [0.2, 0.25) is 0 Å². The second-order valence-electron chi connectivity index (χ2n) is 13.3. The highest BCUT2D eigenvalue weighted by Crippen LogP contribution is 2.42. The van der Waals surface area contributed by atoms with E-state index in [-0.39, 0.29) is 47.2 Å². The molecule has 2 aromatic carbocycles. The van der Waals surface area contributed by atoms with Gasteiger partial charge in [0.15, 0.2) is 5.82 Å². The Morgan fingerprint density at radius 3 is 2.84 bits per heavy atom. The molecular weight excluding hydrogens is 580 g/mol. The summed E-state index contributed by atoms with van der Waals surface area (Å²) in [6, 6.07) is 5.91. The van der Waals surface area contributed by atoms with Crippen molar-refractivity contribution in [1.29, 1.82) is 0 Å². The SMILES string of the molecule is CCc1c(F)ccc2cc(O)cc(-c3ncc4c(N5CCOCC(C)(O)C5)nc(OC[C@@]56CCCN5C[C@H](C)C6)nc4c3F)c12. The van der Waals surface area contributed by atoms with E-state index in [0.717, 1.165) is 32.4 Å². The van der Waals surface area contributed by atoms with Crippen molar-refractivity contribution in [2.45, 2.75) is 57.6 Å². The van der Waals surface area contributed by atoms with E-state index in [1.165, 1.54) is 24.4 Å². The lowest BCUT2D eigenvalue weighted by molar-refractivity contribution is -0.0123. The van der Waals surface area contributed by atoms with E-state index < -0.39 is 17.2 Å². The third-order valence-electron chi connectivity index (χ3n) is 9.63. The van der Waals surface area contributed by atoms with Crippen molar-refractivity contribution < 1.29 is 28.5 Å². The first kappa shape index (κ1) is 30.0. The molecule has 3 saturated heterocycles. The van der Waals surface area contributed by atoms with Crippen LogP contribution >= 0.6 is 0 Å². The van der Waals surface area contributed by atoms with E-state index >= 15 is 4.39 Å². The number of aliphatic hydroxyl groups is 1. The number of β-amino-alcohol motifs (C(OH)–C–C–N with tert-alkyl or cyclic N) is 1. The number of aromatic nitrogens is 3. The monoisotopic (exact) mass is 619 g/mol. The van der Waals surface area contributed by atoms with Crippen molar-refractivity contribution in [3.05, 3.63) is 47.7 Å². The molecule has 3 aliphatic heterocycles. The number of aryl methyl sites for hydroxylation is 1. The lowest BCUT2D eigenvalue weighted by Gasteiger charge is -2.32. The Balaban J connectivity index is 1.39. The van der Waals surface area contributed by atoms with E-state index in [1.807, 2.05) is 11.8 Å². The Morgan fingerprint density at radius 1 is 1.18 bits per heavy atom. The van der Waals surface area contributed by atoms with Gasteiger partial charge in [0.1, 0.15) is 40.8 Å². The molecule has 3 fully saturated rings. The fourth-order valence-electron chi connectivity index (χ4n) is 7.75. The number of aromatic hydroxyl groups is 1. The molecule has 7 rings (SSSR count). The van der Waals surface area contributed by atoms with Crippen LogP contribution in [0.4, 0.5) is 14.6 Å². The first-order chi connectivity index (χ1) is 21.6. The zero-order valence-electron chi connectivity index (χ0n) is 25.9. The number of anilines is 1. The van der Waals surface area contributed by atoms with E-state index in [0.29, 0.717) is 59.6 Å². The van der Waals surface area contributed by atoms with E-state index in [4.69, 9.17) is 14.5 Å². The van der Waals surface area contributed by atoms with Crippen LogP contribution in [0.3, 0.4) is 0 Å². The molecule has 0 radical (unpaired) electrons. The van der Waals surface area contributed by atoms with Gasteiger partial charge in [0.25, 0.3) is 0 Å². The predicted octanol–water partition coefficient (Wildman–Crippen LogP) is 5.23. The van der Waals surface area contributed by atoms with Crippen molar-refractivity contribution in [3.63, 3.8) is 0 Å². The molecule has 0 aliphatic carbocycles. The highest BCUT2D eigenvalue weighted by molar-refractivity contribution is 6.01. The number of nitrogens with zero attached hydrogens (tertiary/aromatic N) is 5. The Kier molecular flexibility index (Phi) is 7.53. The lowest BCUT2D eigenvalue weighted by Crippen LogP contribution is -2.44. The summed E-state index contributed by atoms with van der Waals surface area (Å²) in [7, 11) is 0. The maximum absolute atomic E-state index is 16.8. The number of phenolic OH excluding ortho intramolecular Hbond substituents is 1. The minimum Gasteiger partial charge on any atom is -0.508 e. The topological polar surface area (TPSA) is 104 Å². The van der Waals surface area contributed by atoms with Crippen LogP contribution in [0.25, 0.3) is 32.9 Å². The number of benzene rings is 2. The quantitative estimate of drug-likeness (QED) is 0.300. The molecule has 5 heterocycles. The van der Waals surface area contributed by atoms with E-state index in [9.17, 15) is 14.6 Å². The number of hydrogen-bond donors (Lipinski definition) is 2. The molecule has 0 spiro atoms. The second kappa shape index (κ2) is 11.3. The molecule has 3 aliphatic rings. The van der Waals surface area contributed by atoms with Crippen molar-refractivity contribution in [2.75, 3.05) is 50.9 Å². The van der Waals surface area contributed by atoms with Gasteiger partial charge in [-0.3, -0.25) is 9.88 Å². The van der Waals surface area contributed by atoms with Gasteiger partial charge in [0.05, 0.1) is 30.7 Å². The fraction of sp³-hybridized carbons (Fsp3) is 0.500. The van der Waals surface area contributed by atoms with Crippen LogP contribution in [-0.4, -0.2) is 87.2 Å². The number of fused-ring (bicyclic) bond motifs is 3. The van der Waals surface area contributed by atoms with Gasteiger partial charge in [0, 0.05) is 24.8 Å². The maximum Gasteiger partial charge on any atom is 0.319 e. The van der Waals surface area contributed by atoms with Gasteiger partial charge in [-0.2, -0.15) is 9.97 Å². The molecule has 45 heavy (non-hydrogen) atoms. The maximum atomic E-state index is 16.8. The largest absolute Gasteiger partial charge is 0.508 e. The summed E-state index contributed by atoms with van der Waals surface area (Å²) < 4.78 is 43.8. The summed E-state index contributed by atoms with van der Waals surface area (Å²) in [5, 5.41) is 22.9. The van der Waals surface area contributed by atoms with Crippen LogP contribution in [0.2, 0.25) is 0 Å². The van der Waals surface area contributed by atoms with Gasteiger partial charge in [-0.1, -0.05) is 19.9 Å². The van der Waals surface area contributed by atoms with Gasteiger partial charge < -0.3 is 24.6 Å². The highest BCUT2D eigenvalue weighted by Gasteiger charge is 2.48. The third kappa shape index (κ3) is 5.34. The van der Waals surface area contributed by atoms with Gasteiger partial charge >= 0.3 is 6.01 Å². The van der Waals surface area contributed by atoms with Crippen LogP contribution in [0, 0.1) is 17.6 Å². The predicted molar refractivity (Wildman–Crippen MR) is 168 cm³/mol. The lowest BCUT2D eigenvalue weighted by atomic mass is 9.92. The molecule has 238 valence electrons. The number of hydrogen-bond acceptors (Lipinski definition) is 9. The van der Waals surface area contributed by atoms with Crippen molar-refractivity contribution in [2.24, 2.45) is 5.92 Å². The summed E-state index contributed by atoms with van der Waals surface area (Å²) in [5.41, 5.74) is -0.636. The molecule has 0 bridgehead atoms. The fourth-order valence-corrected chi connectivity index (χ4v) is 7.75. The molecule has 2 aromatic heterocycles. The first-order valence-corrected chi connectivity index (χ1v) is 15.8. The summed E-state index contributed by atoms with van der Waals surface area (Å²) in [5.74, 6) is -0.275. The number of phenols is 1. The van der Waals surface area contributed by atoms with Gasteiger partial charge in [-0.15, -0.1) is 0 Å². The van der Waals surface area contributed by atoms with Crippen LogP contribution in [0.15, 0.2) is 30.5 Å². The molecular formula is C34H39F2N5O4. The highest BCUT2D eigenvalue weighted by atomic mass is 19.1. The number of ether oxygens (including phenoxy) is 2. The number of halogens is 2. The standard InChI is InChI=1S/C34H39F2N5O4/c1-4-23-26(35)7-6-21-12-22(42)13-24(27(21)23)29-28(36)30-25(15-37-29)31(40-10-11-44-18-33(3,43)17-40)39-32(38-30)45-19-34-8-5-9-41(34)16-20(2)14-34/h6-7,12-13,15,20,42-43H,4-5,8-11,14,16-19H2,1-3H3/t20-,33?,34+/m1/s1. The Hall–Kier alpha value is -3.67. The zero-order chi connectivity index (χ0) is 31.5.